The molecule has 0 spiro atoms. The number of aryl methyl sites for hydroxylation is 2. The number of carbonyl (C=O) groups is 1. The highest BCUT2D eigenvalue weighted by Crippen LogP contribution is 2.26. The van der Waals surface area contributed by atoms with Crippen molar-refractivity contribution in [3.05, 3.63) is 59.7 Å². The molecule has 2 nitrogen and oxygen atoms in total. The Balaban J connectivity index is 0.00000146. The predicted molar refractivity (Wildman–Crippen MR) is 163 cm³/mol. The number of halogens is 4. The highest BCUT2D eigenvalue weighted by molar-refractivity contribution is 7.97. The molecule has 0 heterocycles. The van der Waals surface area contributed by atoms with Crippen molar-refractivity contribution in [1.82, 2.24) is 0 Å². The first-order valence-electron chi connectivity index (χ1n) is 15.0. The van der Waals surface area contributed by atoms with Crippen LogP contribution in [0, 0.1) is 6.92 Å². The molecule has 0 radical (unpaired) electrons. The Morgan fingerprint density at radius 2 is 1.12 bits per heavy atom. The van der Waals surface area contributed by atoms with Crippen molar-refractivity contribution in [1.29, 1.82) is 0 Å². The summed E-state index contributed by atoms with van der Waals surface area (Å²) in [5.41, 5.74) is 2.52. The summed E-state index contributed by atoms with van der Waals surface area (Å²) in [6.45, 7) is 6.76. The van der Waals surface area contributed by atoms with Gasteiger partial charge in [0.15, 0.2) is 9.79 Å². The van der Waals surface area contributed by atoms with Crippen LogP contribution in [-0.4, -0.2) is 25.6 Å². The fraction of sp³-hybridized carbons (Fsp3) is 0.594. The van der Waals surface area contributed by atoms with Gasteiger partial charge < -0.3 is 22.0 Å². The van der Waals surface area contributed by atoms with Crippen LogP contribution in [0.1, 0.15) is 108 Å². The van der Waals surface area contributed by atoms with Crippen molar-refractivity contribution >= 4 is 24.1 Å². The summed E-state index contributed by atoms with van der Waals surface area (Å²) < 4.78 is 44.1. The van der Waals surface area contributed by atoms with Crippen molar-refractivity contribution in [2.24, 2.45) is 0 Å². The van der Waals surface area contributed by atoms with Gasteiger partial charge in [0.05, 0.1) is 17.5 Å². The fourth-order valence-corrected chi connectivity index (χ4v) is 6.63. The summed E-state index contributed by atoms with van der Waals surface area (Å²) in [5, 5.41) is 0. The standard InChI is InChI=1S/C32H49O2S.BF4/c1-4-6-7-8-9-10-11-12-13-14-15-16-27-35(30-22-17-28(3)18-23-30)31-24-19-29(20-25-31)21-26-32(33)34-5-2;2-1(3,4)5/h17-20,22-25H,4-16,21,26-27H2,1-3H3;/q+1;-1. The van der Waals surface area contributed by atoms with Crippen molar-refractivity contribution in [2.45, 2.75) is 120 Å². The molecule has 2 aromatic carbocycles. The topological polar surface area (TPSA) is 26.3 Å². The smallest absolute Gasteiger partial charge is 0.466 e. The molecule has 0 fully saturated rings. The van der Waals surface area contributed by atoms with E-state index in [4.69, 9.17) is 4.74 Å². The molecule has 0 saturated heterocycles. The number of esters is 1. The highest BCUT2D eigenvalue weighted by atomic mass is 32.2. The SMILES string of the molecule is CCCCCCCCCCCCCC[S+](c1ccc(C)cc1)c1ccc(CCC(=O)OCC)cc1.F[B-](F)(F)F. The zero-order chi connectivity index (χ0) is 29.6. The van der Waals surface area contributed by atoms with Gasteiger partial charge in [-0.25, -0.2) is 0 Å². The van der Waals surface area contributed by atoms with Gasteiger partial charge in [0.2, 0.25) is 0 Å². The van der Waals surface area contributed by atoms with Crippen molar-refractivity contribution < 1.29 is 26.8 Å². The van der Waals surface area contributed by atoms with Crippen molar-refractivity contribution in [3.63, 3.8) is 0 Å². The molecule has 0 amide bonds. The summed E-state index contributed by atoms with van der Waals surface area (Å²) in [6.07, 6.45) is 17.9. The number of benzene rings is 2. The molecular formula is C32H49BF4O2S. The first-order chi connectivity index (χ1) is 19.1. The van der Waals surface area contributed by atoms with Crippen LogP contribution in [0.5, 0.6) is 0 Å². The Bertz CT molecular complexity index is 899. The number of ether oxygens (including phenoxy) is 1. The fourth-order valence-electron chi connectivity index (χ4n) is 4.46. The molecule has 8 heteroatoms. The Hall–Kier alpha value is -1.96. The van der Waals surface area contributed by atoms with E-state index >= 15 is 0 Å². The van der Waals surface area contributed by atoms with Crippen LogP contribution in [0.15, 0.2) is 58.3 Å². The summed E-state index contributed by atoms with van der Waals surface area (Å²) >= 11 is 0. The van der Waals surface area contributed by atoms with E-state index in [9.17, 15) is 22.1 Å². The third kappa shape index (κ3) is 19.2. The molecule has 0 aliphatic carbocycles. The molecule has 2 rings (SSSR count). The molecule has 0 saturated carbocycles. The molecule has 226 valence electrons. The minimum atomic E-state index is -6.00. The third-order valence-electron chi connectivity index (χ3n) is 6.64. The molecule has 40 heavy (non-hydrogen) atoms. The minimum Gasteiger partial charge on any atom is -0.466 e. The zero-order valence-electron chi connectivity index (χ0n) is 24.7. The second-order valence-corrected chi connectivity index (χ2v) is 12.4. The molecule has 0 aromatic heterocycles. The van der Waals surface area contributed by atoms with Crippen molar-refractivity contribution in [2.75, 3.05) is 12.4 Å². The predicted octanol–water partition coefficient (Wildman–Crippen LogP) is 10.5. The summed E-state index contributed by atoms with van der Waals surface area (Å²) in [7, 11) is -5.89. The quantitative estimate of drug-likeness (QED) is 0.0540. The second kappa shape index (κ2) is 21.7. The zero-order valence-corrected chi connectivity index (χ0v) is 25.6. The van der Waals surface area contributed by atoms with E-state index in [1.54, 1.807) is 0 Å². The van der Waals surface area contributed by atoms with Gasteiger partial charge in [0, 0.05) is 6.42 Å². The summed E-state index contributed by atoms with van der Waals surface area (Å²) in [4.78, 5) is 14.5. The van der Waals surface area contributed by atoms with Gasteiger partial charge in [-0.2, -0.15) is 0 Å². The summed E-state index contributed by atoms with van der Waals surface area (Å²) in [5.74, 6) is 1.12. The van der Waals surface area contributed by atoms with Gasteiger partial charge in [-0.3, -0.25) is 4.79 Å². The van der Waals surface area contributed by atoms with Gasteiger partial charge in [-0.1, -0.05) is 101 Å². The van der Waals surface area contributed by atoms with Crippen LogP contribution in [0.2, 0.25) is 0 Å². The number of hydrogen-bond donors (Lipinski definition) is 0. The summed E-state index contributed by atoms with van der Waals surface area (Å²) in [6, 6.07) is 18.1. The molecule has 1 atom stereocenters. The lowest BCUT2D eigenvalue weighted by atomic mass is 10.1. The number of carbonyl (C=O) groups excluding carboxylic acids is 1. The van der Waals surface area contributed by atoms with Crippen LogP contribution < -0.4 is 0 Å². The average molecular weight is 585 g/mol. The molecule has 2 aromatic rings. The van der Waals surface area contributed by atoms with Crippen LogP contribution in [-0.2, 0) is 26.8 Å². The molecule has 0 bridgehead atoms. The highest BCUT2D eigenvalue weighted by Gasteiger charge is 2.24. The maximum atomic E-state index is 11.7. The van der Waals surface area contributed by atoms with Gasteiger partial charge >= 0.3 is 13.2 Å². The maximum Gasteiger partial charge on any atom is 0.673 e. The van der Waals surface area contributed by atoms with E-state index in [0.29, 0.717) is 13.0 Å². The molecular weight excluding hydrogens is 535 g/mol. The Morgan fingerprint density at radius 1 is 0.700 bits per heavy atom. The van der Waals surface area contributed by atoms with Gasteiger partial charge in [-0.05, 0) is 62.9 Å². The van der Waals surface area contributed by atoms with E-state index in [1.165, 1.54) is 104 Å². The number of unbranched alkanes of at least 4 members (excludes halogenated alkanes) is 11. The lowest BCUT2D eigenvalue weighted by molar-refractivity contribution is -0.143. The number of rotatable bonds is 19. The van der Waals surface area contributed by atoms with E-state index < -0.39 is 7.25 Å². The molecule has 0 N–H and O–H groups in total. The third-order valence-corrected chi connectivity index (χ3v) is 9.02. The van der Waals surface area contributed by atoms with Crippen LogP contribution in [0.4, 0.5) is 17.3 Å². The minimum absolute atomic E-state index is 0.108. The lowest BCUT2D eigenvalue weighted by Crippen LogP contribution is -2.09. The Morgan fingerprint density at radius 3 is 1.57 bits per heavy atom. The largest absolute Gasteiger partial charge is 0.673 e. The van der Waals surface area contributed by atoms with E-state index in [1.807, 2.05) is 6.92 Å². The van der Waals surface area contributed by atoms with Crippen LogP contribution in [0.3, 0.4) is 0 Å². The maximum absolute atomic E-state index is 11.7. The molecule has 0 aliphatic rings. The lowest BCUT2D eigenvalue weighted by Gasteiger charge is -2.10. The monoisotopic (exact) mass is 584 g/mol. The molecule has 1 unspecified atom stereocenters. The average Bonchev–Trinajstić information content (AvgIpc) is 2.91. The van der Waals surface area contributed by atoms with Gasteiger partial charge in [0.1, 0.15) is 5.75 Å². The first kappa shape index (κ1) is 36.1. The van der Waals surface area contributed by atoms with Gasteiger partial charge in [-0.15, -0.1) is 0 Å². The second-order valence-electron chi connectivity index (χ2n) is 10.2. The normalized spacial score (nSPS) is 12.0. The Labute approximate surface area is 243 Å². The van der Waals surface area contributed by atoms with Crippen LogP contribution >= 0.6 is 0 Å². The first-order valence-corrected chi connectivity index (χ1v) is 16.4. The Kier molecular flexibility index (Phi) is 19.6. The van der Waals surface area contributed by atoms with Crippen LogP contribution in [0.25, 0.3) is 0 Å². The van der Waals surface area contributed by atoms with E-state index in [0.717, 1.165) is 6.42 Å². The number of hydrogen-bond acceptors (Lipinski definition) is 2. The van der Waals surface area contributed by atoms with Crippen molar-refractivity contribution in [3.8, 4) is 0 Å². The van der Waals surface area contributed by atoms with E-state index in [-0.39, 0.29) is 16.9 Å². The van der Waals surface area contributed by atoms with E-state index in [2.05, 4.69) is 62.4 Å². The molecule has 0 aliphatic heterocycles. The van der Waals surface area contributed by atoms with Gasteiger partial charge in [0.25, 0.3) is 0 Å².